The van der Waals surface area contributed by atoms with Gasteiger partial charge in [-0.05, 0) is 25.9 Å². The second-order valence-corrected chi connectivity index (χ2v) is 7.37. The van der Waals surface area contributed by atoms with Crippen molar-refractivity contribution in [3.63, 3.8) is 0 Å². The summed E-state index contributed by atoms with van der Waals surface area (Å²) in [6.07, 6.45) is 4.13. The molecule has 1 fully saturated rings. The Balaban J connectivity index is 1.72. The van der Waals surface area contributed by atoms with E-state index in [2.05, 4.69) is 45.7 Å². The molecule has 0 bridgehead atoms. The van der Waals surface area contributed by atoms with E-state index < -0.39 is 0 Å². The maximum absolute atomic E-state index is 5.36. The molecule has 0 unspecified atom stereocenters. The third-order valence-corrected chi connectivity index (χ3v) is 5.26. The van der Waals surface area contributed by atoms with Gasteiger partial charge in [0.2, 0.25) is 0 Å². The van der Waals surface area contributed by atoms with Gasteiger partial charge in [-0.1, -0.05) is 36.8 Å². The molecule has 1 aliphatic heterocycles. The molecule has 2 aromatic rings. The van der Waals surface area contributed by atoms with Crippen molar-refractivity contribution in [2.75, 3.05) is 13.1 Å². The molecular weight excluding hydrogens is 322 g/mol. The van der Waals surface area contributed by atoms with Crippen molar-refractivity contribution in [3.05, 3.63) is 36.0 Å². The smallest absolute Gasteiger partial charge is 0.191 e. The highest BCUT2D eigenvalue weighted by atomic mass is 32.2. The topological polar surface area (TPSA) is 68.8 Å². The van der Waals surface area contributed by atoms with Crippen molar-refractivity contribution < 1.29 is 4.52 Å². The number of hydrogen-bond acceptors (Lipinski definition) is 6. The SMILES string of the molecule is C=CCn1c(SCc2cc(C(C)C)on2)nnc1C1CCNCC1. The first-order chi connectivity index (χ1) is 11.7. The molecular formula is C17H25N5OS. The van der Waals surface area contributed by atoms with Crippen molar-refractivity contribution in [2.24, 2.45) is 0 Å². The lowest BCUT2D eigenvalue weighted by atomic mass is 9.97. The molecule has 0 spiro atoms. The predicted molar refractivity (Wildman–Crippen MR) is 95.2 cm³/mol. The van der Waals surface area contributed by atoms with Crippen LogP contribution in [0, 0.1) is 0 Å². The molecule has 2 aromatic heterocycles. The first kappa shape index (κ1) is 17.2. The third kappa shape index (κ3) is 3.89. The van der Waals surface area contributed by atoms with E-state index >= 15 is 0 Å². The van der Waals surface area contributed by atoms with E-state index in [0.29, 0.717) is 11.8 Å². The lowest BCUT2D eigenvalue weighted by Gasteiger charge is -2.22. The first-order valence-corrected chi connectivity index (χ1v) is 9.50. The Labute approximate surface area is 147 Å². The van der Waals surface area contributed by atoms with Crippen molar-refractivity contribution in [3.8, 4) is 0 Å². The van der Waals surface area contributed by atoms with E-state index in [1.54, 1.807) is 11.8 Å². The summed E-state index contributed by atoms with van der Waals surface area (Å²) < 4.78 is 7.55. The second kappa shape index (κ2) is 7.98. The summed E-state index contributed by atoms with van der Waals surface area (Å²) in [5, 5.41) is 17.4. The molecule has 6 nitrogen and oxygen atoms in total. The molecule has 1 N–H and O–H groups in total. The Kier molecular flexibility index (Phi) is 5.73. The largest absolute Gasteiger partial charge is 0.361 e. The van der Waals surface area contributed by atoms with Gasteiger partial charge in [0.25, 0.3) is 0 Å². The van der Waals surface area contributed by atoms with Gasteiger partial charge in [0.1, 0.15) is 11.6 Å². The van der Waals surface area contributed by atoms with E-state index in [1.165, 1.54) is 0 Å². The summed E-state index contributed by atoms with van der Waals surface area (Å²) in [4.78, 5) is 0. The molecule has 24 heavy (non-hydrogen) atoms. The predicted octanol–water partition coefficient (Wildman–Crippen LogP) is 3.33. The number of allylic oxidation sites excluding steroid dienone is 1. The highest BCUT2D eigenvalue weighted by Gasteiger charge is 2.23. The minimum atomic E-state index is 0.354. The molecule has 0 aliphatic carbocycles. The average molecular weight is 347 g/mol. The second-order valence-electron chi connectivity index (χ2n) is 6.43. The highest BCUT2D eigenvalue weighted by molar-refractivity contribution is 7.98. The van der Waals surface area contributed by atoms with Crippen molar-refractivity contribution >= 4 is 11.8 Å². The van der Waals surface area contributed by atoms with Gasteiger partial charge in [-0.25, -0.2) is 0 Å². The number of nitrogens with zero attached hydrogens (tertiary/aromatic N) is 4. The Morgan fingerprint density at radius 1 is 1.42 bits per heavy atom. The van der Waals surface area contributed by atoms with Crippen molar-refractivity contribution in [2.45, 2.75) is 56.0 Å². The highest BCUT2D eigenvalue weighted by Crippen LogP contribution is 2.29. The minimum Gasteiger partial charge on any atom is -0.361 e. The van der Waals surface area contributed by atoms with Crippen LogP contribution in [0.5, 0.6) is 0 Å². The average Bonchev–Trinajstić information content (AvgIpc) is 3.21. The van der Waals surface area contributed by atoms with E-state index in [4.69, 9.17) is 4.52 Å². The van der Waals surface area contributed by atoms with Crippen LogP contribution in [0.15, 0.2) is 28.4 Å². The number of rotatable bonds is 7. The van der Waals surface area contributed by atoms with Crippen LogP contribution in [0.2, 0.25) is 0 Å². The van der Waals surface area contributed by atoms with E-state index in [-0.39, 0.29) is 0 Å². The van der Waals surface area contributed by atoms with Gasteiger partial charge in [0, 0.05) is 30.2 Å². The Morgan fingerprint density at radius 2 is 2.21 bits per heavy atom. The lowest BCUT2D eigenvalue weighted by molar-refractivity contribution is 0.367. The van der Waals surface area contributed by atoms with Crippen LogP contribution in [0.1, 0.15) is 55.8 Å². The summed E-state index contributed by atoms with van der Waals surface area (Å²) in [6, 6.07) is 2.03. The van der Waals surface area contributed by atoms with Gasteiger partial charge in [0.15, 0.2) is 5.16 Å². The van der Waals surface area contributed by atoms with Crippen LogP contribution < -0.4 is 5.32 Å². The molecule has 1 aliphatic rings. The summed E-state index contributed by atoms with van der Waals surface area (Å²) in [7, 11) is 0. The monoisotopic (exact) mass is 347 g/mol. The number of nitrogens with one attached hydrogen (secondary N) is 1. The van der Waals surface area contributed by atoms with Crippen LogP contribution in [0.25, 0.3) is 0 Å². The summed E-state index contributed by atoms with van der Waals surface area (Å²) >= 11 is 1.65. The van der Waals surface area contributed by atoms with Gasteiger partial charge < -0.3 is 14.4 Å². The molecule has 0 amide bonds. The fraction of sp³-hybridized carbons (Fsp3) is 0.588. The standard InChI is InChI=1S/C17H25N5OS/c1-4-9-22-16(13-5-7-18-8-6-13)19-20-17(22)24-11-14-10-15(12(2)3)23-21-14/h4,10,12-13,18H,1,5-9,11H2,2-3H3. The quantitative estimate of drug-likeness (QED) is 0.612. The van der Waals surface area contributed by atoms with Crippen molar-refractivity contribution in [1.29, 1.82) is 0 Å². The van der Waals surface area contributed by atoms with E-state index in [9.17, 15) is 0 Å². The fourth-order valence-corrected chi connectivity index (χ4v) is 3.73. The zero-order valence-corrected chi connectivity index (χ0v) is 15.2. The summed E-state index contributed by atoms with van der Waals surface area (Å²) in [5.41, 5.74) is 0.945. The van der Waals surface area contributed by atoms with Crippen LogP contribution in [0.3, 0.4) is 0 Å². The zero-order chi connectivity index (χ0) is 16.9. The molecule has 0 saturated carbocycles. The molecule has 1 saturated heterocycles. The molecule has 3 rings (SSSR count). The summed E-state index contributed by atoms with van der Waals surface area (Å²) in [5.74, 6) is 3.58. The Bertz CT molecular complexity index is 672. The van der Waals surface area contributed by atoms with Gasteiger partial charge in [0.05, 0.1) is 5.69 Å². The fourth-order valence-electron chi connectivity index (χ4n) is 2.90. The van der Waals surface area contributed by atoms with E-state index in [0.717, 1.165) is 60.7 Å². The molecule has 0 aromatic carbocycles. The normalized spacial score (nSPS) is 16.0. The molecule has 0 radical (unpaired) electrons. The van der Waals surface area contributed by atoms with Crippen LogP contribution in [0.4, 0.5) is 0 Å². The maximum atomic E-state index is 5.36. The van der Waals surface area contributed by atoms with E-state index in [1.807, 2.05) is 12.1 Å². The van der Waals surface area contributed by atoms with Gasteiger partial charge >= 0.3 is 0 Å². The number of piperidine rings is 1. The van der Waals surface area contributed by atoms with Crippen LogP contribution in [-0.4, -0.2) is 33.0 Å². The lowest BCUT2D eigenvalue weighted by Crippen LogP contribution is -2.28. The van der Waals surface area contributed by atoms with Gasteiger partial charge in [-0.15, -0.1) is 16.8 Å². The van der Waals surface area contributed by atoms with Crippen LogP contribution >= 0.6 is 11.8 Å². The first-order valence-electron chi connectivity index (χ1n) is 8.52. The Morgan fingerprint density at radius 3 is 2.88 bits per heavy atom. The van der Waals surface area contributed by atoms with Gasteiger partial charge in [-0.2, -0.15) is 0 Å². The number of thioether (sulfide) groups is 1. The molecule has 0 atom stereocenters. The molecule has 130 valence electrons. The maximum Gasteiger partial charge on any atom is 0.191 e. The van der Waals surface area contributed by atoms with Gasteiger partial charge in [-0.3, -0.25) is 0 Å². The van der Waals surface area contributed by atoms with Crippen LogP contribution in [-0.2, 0) is 12.3 Å². The number of aromatic nitrogens is 4. The Hall–Kier alpha value is -1.60. The zero-order valence-electron chi connectivity index (χ0n) is 14.4. The molecule has 7 heteroatoms. The number of hydrogen-bond donors (Lipinski definition) is 1. The third-order valence-electron chi connectivity index (χ3n) is 4.26. The summed E-state index contributed by atoms with van der Waals surface area (Å²) in [6.45, 7) is 10.9. The van der Waals surface area contributed by atoms with Crippen molar-refractivity contribution in [1.82, 2.24) is 25.2 Å². The minimum absolute atomic E-state index is 0.354. The molecule has 3 heterocycles.